The summed E-state index contributed by atoms with van der Waals surface area (Å²) < 4.78 is 108. The van der Waals surface area contributed by atoms with Crippen molar-refractivity contribution in [2.45, 2.75) is 48.4 Å². The Balaban J connectivity index is 1.78. The molecule has 0 spiro atoms. The molecule has 7 nitrogen and oxygen atoms in total. The van der Waals surface area contributed by atoms with Crippen molar-refractivity contribution < 1.29 is 53.9 Å². The zero-order valence-corrected chi connectivity index (χ0v) is 11.7. The number of carbonyl (C=O) groups excluding carboxylic acids is 1. The fourth-order valence-corrected chi connectivity index (χ4v) is 3.30. The molecule has 23 heavy (non-hydrogen) atoms. The quantitative estimate of drug-likeness (QED) is 0.334. The van der Waals surface area contributed by atoms with Crippen molar-refractivity contribution in [3.8, 4) is 0 Å². The Bertz CT molecular complexity index is 632. The molecule has 0 aromatic rings. The van der Waals surface area contributed by atoms with E-state index in [2.05, 4.69) is 4.74 Å². The molecule has 3 saturated heterocycles. The fraction of sp³-hybridized carbons (Fsp3) is 0.900. The van der Waals surface area contributed by atoms with E-state index in [9.17, 15) is 35.2 Å². The summed E-state index contributed by atoms with van der Waals surface area (Å²) in [5.41, 5.74) is 0. The summed E-state index contributed by atoms with van der Waals surface area (Å²) in [5, 5.41) is -5.74. The van der Waals surface area contributed by atoms with Gasteiger partial charge in [-0.1, -0.05) is 0 Å². The highest BCUT2D eigenvalue weighted by molar-refractivity contribution is 7.86. The van der Waals surface area contributed by atoms with E-state index >= 15 is 0 Å². The lowest BCUT2D eigenvalue weighted by molar-refractivity contribution is -0.261. The lowest BCUT2D eigenvalue weighted by atomic mass is 9.89. The van der Waals surface area contributed by atoms with Crippen LogP contribution in [0, 0.1) is 5.92 Å². The van der Waals surface area contributed by atoms with Gasteiger partial charge in [-0.2, -0.15) is 30.4 Å². The van der Waals surface area contributed by atoms with Crippen molar-refractivity contribution in [2.24, 2.45) is 5.92 Å². The van der Waals surface area contributed by atoms with Crippen LogP contribution in [0.2, 0.25) is 0 Å². The molecule has 0 aromatic carbocycles. The number of hydrogen-bond acceptors (Lipinski definition) is 6. The van der Waals surface area contributed by atoms with Gasteiger partial charge in [-0.15, -0.1) is 0 Å². The number of ether oxygens (including phenoxy) is 3. The van der Waals surface area contributed by atoms with Crippen LogP contribution in [0.5, 0.6) is 0 Å². The molecule has 0 aliphatic carbocycles. The maximum Gasteiger partial charge on any atom is 0.432 e. The second-order valence-corrected chi connectivity index (χ2v) is 6.94. The Morgan fingerprint density at radius 2 is 1.74 bits per heavy atom. The molecule has 6 atom stereocenters. The van der Waals surface area contributed by atoms with E-state index in [0.717, 1.165) is 0 Å². The van der Waals surface area contributed by atoms with Gasteiger partial charge in [-0.25, -0.2) is 0 Å². The van der Waals surface area contributed by atoms with Crippen LogP contribution in [-0.2, 0) is 29.1 Å². The lowest BCUT2D eigenvalue weighted by Crippen LogP contribution is -2.53. The molecule has 0 amide bonds. The van der Waals surface area contributed by atoms with Crippen LogP contribution in [0.25, 0.3) is 0 Å². The van der Waals surface area contributed by atoms with Gasteiger partial charge < -0.3 is 14.2 Å². The van der Waals surface area contributed by atoms with Gasteiger partial charge in [-0.05, 0) is 6.42 Å². The summed E-state index contributed by atoms with van der Waals surface area (Å²) in [4.78, 5) is 11.8. The summed E-state index contributed by atoms with van der Waals surface area (Å²) in [6.45, 7) is 0. The first-order valence-electron chi connectivity index (χ1n) is 6.27. The standard InChI is InChI=1S/C10H9F5O7S/c11-9(12,13)8(10(14,15)23(17,18)19)22-7(16)2-1-3-5-6(21-5)4(2)20-3/h2-6,8H,1H2,(H,17,18,19). The zero-order chi connectivity index (χ0) is 17.4. The molecule has 3 heterocycles. The molecular formula is C10H9F5O7S. The summed E-state index contributed by atoms with van der Waals surface area (Å²) in [6, 6.07) is 0. The van der Waals surface area contributed by atoms with E-state index in [0.29, 0.717) is 0 Å². The highest BCUT2D eigenvalue weighted by Gasteiger charge is 2.69. The smallest absolute Gasteiger partial charge is 0.432 e. The number of halogens is 5. The highest BCUT2D eigenvalue weighted by Crippen LogP contribution is 2.51. The normalized spacial score (nSPS) is 37.4. The number of epoxide rings is 1. The van der Waals surface area contributed by atoms with E-state index in [4.69, 9.17) is 14.0 Å². The molecule has 3 fully saturated rings. The Kier molecular flexibility index (Phi) is 3.46. The van der Waals surface area contributed by atoms with Crippen molar-refractivity contribution in [3.63, 3.8) is 0 Å². The molecule has 0 radical (unpaired) electrons. The van der Waals surface area contributed by atoms with Gasteiger partial charge in [0.2, 0.25) is 0 Å². The van der Waals surface area contributed by atoms with Gasteiger partial charge in [0, 0.05) is 0 Å². The van der Waals surface area contributed by atoms with Gasteiger partial charge in [-0.3, -0.25) is 9.35 Å². The molecule has 1 N–H and O–H groups in total. The van der Waals surface area contributed by atoms with Crippen molar-refractivity contribution in [1.29, 1.82) is 0 Å². The number of carbonyl (C=O) groups is 1. The van der Waals surface area contributed by atoms with Gasteiger partial charge in [0.15, 0.2) is 0 Å². The number of rotatable bonds is 4. The average Bonchev–Trinajstić information content (AvgIpc) is 2.97. The molecule has 3 rings (SSSR count). The predicted octanol–water partition coefficient (Wildman–Crippen LogP) is 0.496. The van der Waals surface area contributed by atoms with Crippen LogP contribution >= 0.6 is 0 Å². The van der Waals surface area contributed by atoms with Crippen LogP contribution in [0.4, 0.5) is 22.0 Å². The minimum Gasteiger partial charge on any atom is -0.444 e. The van der Waals surface area contributed by atoms with E-state index in [1.54, 1.807) is 0 Å². The van der Waals surface area contributed by atoms with E-state index < -0.39 is 57.9 Å². The van der Waals surface area contributed by atoms with Crippen LogP contribution in [0.1, 0.15) is 6.42 Å². The molecule has 0 aromatic heterocycles. The van der Waals surface area contributed by atoms with Crippen molar-refractivity contribution in [2.75, 3.05) is 0 Å². The average molecular weight is 368 g/mol. The number of fused-ring (bicyclic) bond motifs is 5. The van der Waals surface area contributed by atoms with Gasteiger partial charge in [0.05, 0.1) is 12.0 Å². The van der Waals surface area contributed by atoms with Gasteiger partial charge >= 0.3 is 27.5 Å². The molecule has 3 aliphatic rings. The van der Waals surface area contributed by atoms with E-state index in [1.165, 1.54) is 0 Å². The molecule has 0 saturated carbocycles. The van der Waals surface area contributed by atoms with Crippen LogP contribution in [0.15, 0.2) is 0 Å². The monoisotopic (exact) mass is 368 g/mol. The summed E-state index contributed by atoms with van der Waals surface area (Å²) in [6.07, 6.45) is -12.5. The van der Waals surface area contributed by atoms with Crippen molar-refractivity contribution >= 4 is 16.1 Å². The van der Waals surface area contributed by atoms with E-state index in [-0.39, 0.29) is 12.5 Å². The number of esters is 1. The third-order valence-electron chi connectivity index (χ3n) is 3.95. The second-order valence-electron chi connectivity index (χ2n) is 5.44. The number of alkyl halides is 5. The predicted molar refractivity (Wildman–Crippen MR) is 57.9 cm³/mol. The fourth-order valence-electron chi connectivity index (χ4n) is 2.85. The lowest BCUT2D eigenvalue weighted by Gasteiger charge is -2.27. The summed E-state index contributed by atoms with van der Waals surface area (Å²) in [7, 11) is -6.45. The maximum atomic E-state index is 13.3. The summed E-state index contributed by atoms with van der Waals surface area (Å²) >= 11 is 0. The SMILES string of the molecule is O=C(OC(C(F)(F)F)C(F)(F)S(=O)(=O)O)C1CC2OC1C1OC21. The highest BCUT2D eigenvalue weighted by atomic mass is 32.2. The minimum absolute atomic E-state index is 0.0767. The van der Waals surface area contributed by atoms with Gasteiger partial charge in [0.1, 0.15) is 18.3 Å². The third kappa shape index (κ3) is 2.58. The topological polar surface area (TPSA) is 102 Å². The van der Waals surface area contributed by atoms with Crippen LogP contribution < -0.4 is 0 Å². The molecule has 3 aliphatic heterocycles. The maximum absolute atomic E-state index is 13.3. The molecule has 6 unspecified atom stereocenters. The minimum atomic E-state index is -6.45. The zero-order valence-electron chi connectivity index (χ0n) is 10.9. The molecular weight excluding hydrogens is 359 g/mol. The first kappa shape index (κ1) is 16.8. The summed E-state index contributed by atoms with van der Waals surface area (Å²) in [5.74, 6) is -2.96. The Labute approximate surface area is 125 Å². The molecule has 13 heteroatoms. The van der Waals surface area contributed by atoms with Gasteiger partial charge in [0.25, 0.3) is 6.10 Å². The Morgan fingerprint density at radius 3 is 2.17 bits per heavy atom. The molecule has 132 valence electrons. The molecule has 2 bridgehead atoms. The first-order chi connectivity index (χ1) is 10.3. The van der Waals surface area contributed by atoms with Crippen molar-refractivity contribution in [1.82, 2.24) is 0 Å². The third-order valence-corrected chi connectivity index (χ3v) is 4.85. The van der Waals surface area contributed by atoms with E-state index in [1.807, 2.05) is 0 Å². The van der Waals surface area contributed by atoms with Crippen molar-refractivity contribution in [3.05, 3.63) is 0 Å². The Hall–Kier alpha value is -1.05. The largest absolute Gasteiger partial charge is 0.444 e. The number of hydrogen-bond donors (Lipinski definition) is 1. The van der Waals surface area contributed by atoms with Crippen LogP contribution in [-0.4, -0.2) is 60.9 Å². The second kappa shape index (κ2) is 4.74. The van der Waals surface area contributed by atoms with Crippen LogP contribution in [0.3, 0.4) is 0 Å². The first-order valence-corrected chi connectivity index (χ1v) is 7.71. The Morgan fingerprint density at radius 1 is 1.13 bits per heavy atom.